The number of nitrogens with one attached hydrogen (secondary N) is 2. The molecule has 0 bridgehead atoms. The van der Waals surface area contributed by atoms with Crippen LogP contribution in [0.3, 0.4) is 0 Å². The van der Waals surface area contributed by atoms with Crippen LogP contribution >= 0.6 is 11.3 Å². The molecular weight excluding hydrogens is 522 g/mol. The third-order valence-corrected chi connectivity index (χ3v) is 8.72. The lowest BCUT2D eigenvalue weighted by Crippen LogP contribution is -2.23. The molecule has 4 aromatic rings. The van der Waals surface area contributed by atoms with Crippen LogP contribution in [0.5, 0.6) is 0 Å². The largest absolute Gasteiger partial charge is 0.448 e. The molecule has 3 N–H and O–H groups in total. The van der Waals surface area contributed by atoms with Crippen molar-refractivity contribution in [2.75, 3.05) is 23.8 Å². The standard InChI is InChI=1S/C27H29N5O4S2/c1-3-19(18-33)29-25-23(24-11-8-16-37-24)17-28-26(31-25)30-20-12-14-22(15-13-20)38(35,32-27(34)36-4-2)21-9-6-5-7-10-21/h5-17,19,33H,3-4,18H2,1-2H3,(H2,28,29,30,31)/t19-,38?/m1/s1. The summed E-state index contributed by atoms with van der Waals surface area (Å²) >= 11 is 1.58. The number of thiophene rings is 1. The zero-order valence-electron chi connectivity index (χ0n) is 21.0. The van der Waals surface area contributed by atoms with Gasteiger partial charge in [-0.15, -0.1) is 15.7 Å². The highest BCUT2D eigenvalue weighted by atomic mass is 32.2. The number of aliphatic hydroxyl groups is 1. The average Bonchev–Trinajstić information content (AvgIpc) is 3.47. The van der Waals surface area contributed by atoms with Crippen LogP contribution < -0.4 is 10.6 Å². The number of ether oxygens (including phenoxy) is 1. The van der Waals surface area contributed by atoms with Gasteiger partial charge in [0.25, 0.3) is 0 Å². The van der Waals surface area contributed by atoms with Gasteiger partial charge in [-0.05, 0) is 61.2 Å². The van der Waals surface area contributed by atoms with Crippen molar-refractivity contribution in [2.45, 2.75) is 36.1 Å². The molecule has 0 fully saturated rings. The van der Waals surface area contributed by atoms with E-state index in [0.717, 1.165) is 16.9 Å². The van der Waals surface area contributed by atoms with Gasteiger partial charge in [-0.25, -0.2) is 14.0 Å². The van der Waals surface area contributed by atoms with Gasteiger partial charge in [0.15, 0.2) is 0 Å². The third kappa shape index (κ3) is 6.36. The average molecular weight is 552 g/mol. The van der Waals surface area contributed by atoms with E-state index in [9.17, 15) is 14.1 Å². The van der Waals surface area contributed by atoms with E-state index >= 15 is 0 Å². The Hall–Kier alpha value is -3.80. The number of rotatable bonds is 10. The van der Waals surface area contributed by atoms with Gasteiger partial charge in [-0.3, -0.25) is 0 Å². The smallest absolute Gasteiger partial charge is 0.442 e. The lowest BCUT2D eigenvalue weighted by Gasteiger charge is -2.18. The molecule has 0 radical (unpaired) electrons. The Morgan fingerprint density at radius 2 is 1.82 bits per heavy atom. The fourth-order valence-electron chi connectivity index (χ4n) is 3.59. The summed E-state index contributed by atoms with van der Waals surface area (Å²) in [5, 5.41) is 18.2. The maximum atomic E-state index is 14.0. The zero-order valence-corrected chi connectivity index (χ0v) is 22.7. The summed E-state index contributed by atoms with van der Waals surface area (Å²) in [5.41, 5.74) is 1.50. The molecule has 2 aromatic heterocycles. The van der Waals surface area contributed by atoms with Gasteiger partial charge in [-0.1, -0.05) is 31.2 Å². The minimum absolute atomic E-state index is 0.0217. The third-order valence-electron chi connectivity index (χ3n) is 5.59. The molecule has 4 rings (SSSR count). The van der Waals surface area contributed by atoms with Crippen molar-refractivity contribution in [3.05, 3.63) is 78.3 Å². The number of amides is 1. The molecule has 38 heavy (non-hydrogen) atoms. The quantitative estimate of drug-likeness (QED) is 0.213. The van der Waals surface area contributed by atoms with E-state index in [1.54, 1.807) is 79.1 Å². The van der Waals surface area contributed by atoms with Crippen LogP contribution in [-0.4, -0.2) is 44.6 Å². The van der Waals surface area contributed by atoms with Gasteiger partial charge in [0.05, 0.1) is 34.6 Å². The summed E-state index contributed by atoms with van der Waals surface area (Å²) in [7, 11) is -3.26. The maximum Gasteiger partial charge on any atom is 0.442 e. The lowest BCUT2D eigenvalue weighted by molar-refractivity contribution is 0.164. The number of hydrogen-bond donors (Lipinski definition) is 3. The molecule has 0 aliphatic carbocycles. The highest BCUT2D eigenvalue weighted by Gasteiger charge is 2.19. The Bertz CT molecular complexity index is 1470. The van der Waals surface area contributed by atoms with Crippen molar-refractivity contribution in [2.24, 2.45) is 4.36 Å². The highest BCUT2D eigenvalue weighted by molar-refractivity contribution is 7.94. The Labute approximate surface area is 226 Å². The molecule has 0 saturated carbocycles. The number of nitrogens with zero attached hydrogens (tertiary/aromatic N) is 3. The number of hydrogen-bond acceptors (Lipinski definition) is 9. The van der Waals surface area contributed by atoms with Gasteiger partial charge < -0.3 is 20.5 Å². The fraction of sp³-hybridized carbons (Fsp3) is 0.222. The molecule has 0 aliphatic rings. The van der Waals surface area contributed by atoms with Crippen LogP contribution in [0.25, 0.3) is 10.4 Å². The second-order valence-electron chi connectivity index (χ2n) is 8.14. The van der Waals surface area contributed by atoms with Gasteiger partial charge in [0.2, 0.25) is 5.95 Å². The number of benzene rings is 2. The highest BCUT2D eigenvalue weighted by Crippen LogP contribution is 2.32. The molecule has 2 atom stereocenters. The molecule has 1 unspecified atom stereocenters. The SMILES string of the molecule is CCOC(=O)N=S(=O)(c1ccccc1)c1ccc(Nc2ncc(-c3cccs3)c(N[C@H](CC)CO)n2)cc1. The first-order chi connectivity index (χ1) is 18.5. The fourth-order valence-corrected chi connectivity index (χ4v) is 6.10. The molecule has 2 heterocycles. The molecule has 1 amide bonds. The summed E-state index contributed by atoms with van der Waals surface area (Å²) in [6, 6.07) is 19.2. The normalized spacial score (nSPS) is 13.2. The molecule has 0 spiro atoms. The number of anilines is 3. The Balaban J connectivity index is 1.64. The van der Waals surface area contributed by atoms with Crippen LogP contribution in [-0.2, 0) is 14.5 Å². The van der Waals surface area contributed by atoms with E-state index < -0.39 is 15.8 Å². The van der Waals surface area contributed by atoms with Crippen LogP contribution in [0.15, 0.2) is 92.5 Å². The van der Waals surface area contributed by atoms with E-state index in [2.05, 4.69) is 25.0 Å². The van der Waals surface area contributed by atoms with Gasteiger partial charge >= 0.3 is 6.09 Å². The van der Waals surface area contributed by atoms with Crippen LogP contribution in [0.1, 0.15) is 20.3 Å². The van der Waals surface area contributed by atoms with Crippen molar-refractivity contribution in [1.29, 1.82) is 0 Å². The van der Waals surface area contributed by atoms with E-state index in [1.165, 1.54) is 0 Å². The molecule has 0 aliphatic heterocycles. The predicted molar refractivity (Wildman–Crippen MR) is 150 cm³/mol. The second-order valence-corrected chi connectivity index (χ2v) is 11.3. The molecule has 9 nitrogen and oxygen atoms in total. The van der Waals surface area contributed by atoms with Crippen LogP contribution in [0.2, 0.25) is 0 Å². The minimum atomic E-state index is -3.26. The van der Waals surface area contributed by atoms with Crippen molar-refractivity contribution in [3.63, 3.8) is 0 Å². The lowest BCUT2D eigenvalue weighted by atomic mass is 10.2. The van der Waals surface area contributed by atoms with Gasteiger partial charge in [0, 0.05) is 16.8 Å². The first-order valence-corrected chi connectivity index (χ1v) is 14.5. The van der Waals surface area contributed by atoms with Crippen LogP contribution in [0, 0.1) is 0 Å². The first-order valence-electron chi connectivity index (χ1n) is 12.1. The van der Waals surface area contributed by atoms with Crippen LogP contribution in [0.4, 0.5) is 22.2 Å². The van der Waals surface area contributed by atoms with Crippen molar-refractivity contribution in [3.8, 4) is 10.4 Å². The number of aromatic nitrogens is 2. The summed E-state index contributed by atoms with van der Waals surface area (Å²) in [4.78, 5) is 23.1. The van der Waals surface area contributed by atoms with E-state index in [4.69, 9.17) is 4.74 Å². The number of aliphatic hydroxyl groups excluding tert-OH is 1. The Morgan fingerprint density at radius 1 is 1.08 bits per heavy atom. The van der Waals surface area contributed by atoms with E-state index in [0.29, 0.717) is 27.2 Å². The van der Waals surface area contributed by atoms with Crippen molar-refractivity contribution < 1.29 is 18.8 Å². The van der Waals surface area contributed by atoms with E-state index in [-0.39, 0.29) is 19.3 Å². The first kappa shape index (κ1) is 27.2. The van der Waals surface area contributed by atoms with Crippen molar-refractivity contribution in [1.82, 2.24) is 9.97 Å². The summed E-state index contributed by atoms with van der Waals surface area (Å²) < 4.78 is 22.8. The van der Waals surface area contributed by atoms with Gasteiger partial charge in [0.1, 0.15) is 15.5 Å². The van der Waals surface area contributed by atoms with Gasteiger partial charge in [-0.2, -0.15) is 4.98 Å². The molecule has 198 valence electrons. The van der Waals surface area contributed by atoms with E-state index in [1.807, 2.05) is 24.4 Å². The Morgan fingerprint density at radius 3 is 2.45 bits per heavy atom. The molecule has 11 heteroatoms. The summed E-state index contributed by atoms with van der Waals surface area (Å²) in [5.74, 6) is 0.969. The summed E-state index contributed by atoms with van der Waals surface area (Å²) in [6.45, 7) is 3.77. The number of carbonyl (C=O) groups excluding carboxylic acids is 1. The molecular formula is C27H29N5O4S2. The predicted octanol–water partition coefficient (Wildman–Crippen LogP) is 6.17. The second kappa shape index (κ2) is 12.6. The maximum absolute atomic E-state index is 14.0. The summed E-state index contributed by atoms with van der Waals surface area (Å²) in [6.07, 6.45) is 1.59. The topological polar surface area (TPSA) is 126 Å². The van der Waals surface area contributed by atoms with Crippen molar-refractivity contribution >= 4 is 44.6 Å². The molecule has 2 aromatic carbocycles. The Kier molecular flexibility index (Phi) is 9.06. The molecule has 0 saturated heterocycles. The monoisotopic (exact) mass is 551 g/mol. The zero-order chi connectivity index (χ0) is 27.0. The number of carbonyl (C=O) groups is 1. The minimum Gasteiger partial charge on any atom is -0.448 e.